The highest BCUT2D eigenvalue weighted by atomic mass is 16.1. The fourth-order valence-corrected chi connectivity index (χ4v) is 3.23. The molecule has 1 aromatic rings. The lowest BCUT2D eigenvalue weighted by Crippen LogP contribution is -2.32. The Morgan fingerprint density at radius 2 is 1.88 bits per heavy atom. The van der Waals surface area contributed by atoms with E-state index in [0.717, 1.165) is 31.2 Å². The number of hydrogen-bond acceptors (Lipinski definition) is 3. The third-order valence-electron chi connectivity index (χ3n) is 5.13. The number of piperidine rings is 1. The maximum Gasteiger partial charge on any atom is 0.225 e. The number of likely N-dealkylation sites (tertiary alicyclic amines) is 1. The standard InChI is InChI=1S/C21H35N3O/c1-4-5-13-23(3)14-12-21(25)22-20-8-6-19(7-9-20)17-24-15-10-18(2)11-16-24/h6-9,18H,4-5,10-17H2,1-3H3,(H,22,25). The van der Waals surface area contributed by atoms with Gasteiger partial charge in [-0.1, -0.05) is 32.4 Å². The summed E-state index contributed by atoms with van der Waals surface area (Å²) in [5.41, 5.74) is 2.23. The minimum Gasteiger partial charge on any atom is -0.326 e. The predicted octanol–water partition coefficient (Wildman–Crippen LogP) is 3.98. The SMILES string of the molecule is CCCCN(C)CCC(=O)Nc1ccc(CN2CCC(C)CC2)cc1. The molecular formula is C21H35N3O. The zero-order valence-electron chi connectivity index (χ0n) is 16.3. The summed E-state index contributed by atoms with van der Waals surface area (Å²) in [4.78, 5) is 16.8. The van der Waals surface area contributed by atoms with E-state index in [4.69, 9.17) is 0 Å². The first kappa shape index (κ1) is 19.9. The van der Waals surface area contributed by atoms with Gasteiger partial charge in [-0.25, -0.2) is 0 Å². The van der Waals surface area contributed by atoms with Gasteiger partial charge in [-0.05, 0) is 69.6 Å². The van der Waals surface area contributed by atoms with Crippen LogP contribution in [-0.4, -0.2) is 48.9 Å². The van der Waals surface area contributed by atoms with Gasteiger partial charge in [-0.2, -0.15) is 0 Å². The normalized spacial score (nSPS) is 16.3. The lowest BCUT2D eigenvalue weighted by molar-refractivity contribution is -0.116. The Bertz CT molecular complexity index is 506. The second-order valence-electron chi connectivity index (χ2n) is 7.61. The number of carbonyl (C=O) groups excluding carboxylic acids is 1. The third kappa shape index (κ3) is 7.57. The highest BCUT2D eigenvalue weighted by Gasteiger charge is 2.15. The van der Waals surface area contributed by atoms with Crippen molar-refractivity contribution in [3.63, 3.8) is 0 Å². The predicted molar refractivity (Wildman–Crippen MR) is 106 cm³/mol. The van der Waals surface area contributed by atoms with Crippen LogP contribution in [0.4, 0.5) is 5.69 Å². The Kier molecular flexibility index (Phi) is 8.42. The fourth-order valence-electron chi connectivity index (χ4n) is 3.23. The number of nitrogens with one attached hydrogen (secondary N) is 1. The summed E-state index contributed by atoms with van der Waals surface area (Å²) in [7, 11) is 2.08. The third-order valence-corrected chi connectivity index (χ3v) is 5.13. The molecule has 25 heavy (non-hydrogen) atoms. The van der Waals surface area contributed by atoms with Gasteiger partial charge < -0.3 is 10.2 Å². The molecule has 4 nitrogen and oxygen atoms in total. The molecule has 140 valence electrons. The summed E-state index contributed by atoms with van der Waals surface area (Å²) in [6, 6.07) is 8.34. The molecule has 1 aliphatic rings. The van der Waals surface area contributed by atoms with Crippen molar-refractivity contribution in [2.45, 2.75) is 52.5 Å². The fraction of sp³-hybridized carbons (Fsp3) is 0.667. The Balaban J connectivity index is 1.71. The van der Waals surface area contributed by atoms with Gasteiger partial charge in [0.15, 0.2) is 0 Å². The minimum absolute atomic E-state index is 0.0983. The summed E-state index contributed by atoms with van der Waals surface area (Å²) in [5.74, 6) is 0.968. The Hall–Kier alpha value is -1.39. The van der Waals surface area contributed by atoms with Crippen molar-refractivity contribution in [2.75, 3.05) is 38.5 Å². The molecule has 0 atom stereocenters. The summed E-state index contributed by atoms with van der Waals surface area (Å²) in [5, 5.41) is 3.01. The minimum atomic E-state index is 0.0983. The maximum atomic E-state index is 12.1. The molecule has 0 aromatic heterocycles. The number of amides is 1. The largest absolute Gasteiger partial charge is 0.326 e. The Labute approximate surface area is 153 Å². The van der Waals surface area contributed by atoms with Gasteiger partial charge >= 0.3 is 0 Å². The van der Waals surface area contributed by atoms with E-state index < -0.39 is 0 Å². The molecule has 0 aliphatic carbocycles. The van der Waals surface area contributed by atoms with Gasteiger partial charge in [-0.3, -0.25) is 9.69 Å². The Morgan fingerprint density at radius 3 is 2.52 bits per heavy atom. The Morgan fingerprint density at radius 1 is 1.20 bits per heavy atom. The van der Waals surface area contributed by atoms with E-state index in [1.165, 1.54) is 44.3 Å². The van der Waals surface area contributed by atoms with Crippen LogP contribution in [-0.2, 0) is 11.3 Å². The molecule has 0 unspecified atom stereocenters. The van der Waals surface area contributed by atoms with Crippen LogP contribution in [0.25, 0.3) is 0 Å². The van der Waals surface area contributed by atoms with Crippen molar-refractivity contribution in [3.05, 3.63) is 29.8 Å². The second-order valence-corrected chi connectivity index (χ2v) is 7.61. The number of hydrogen-bond donors (Lipinski definition) is 1. The van der Waals surface area contributed by atoms with Crippen LogP contribution in [0.3, 0.4) is 0 Å². The molecule has 0 spiro atoms. The van der Waals surface area contributed by atoms with Crippen molar-refractivity contribution in [2.24, 2.45) is 5.92 Å². The first-order valence-electron chi connectivity index (χ1n) is 9.86. The first-order valence-corrected chi connectivity index (χ1v) is 9.86. The van der Waals surface area contributed by atoms with Crippen LogP contribution in [0.5, 0.6) is 0 Å². The van der Waals surface area contributed by atoms with Gasteiger partial charge in [0.05, 0.1) is 0 Å². The maximum absolute atomic E-state index is 12.1. The van der Waals surface area contributed by atoms with E-state index in [1.54, 1.807) is 0 Å². The van der Waals surface area contributed by atoms with Crippen LogP contribution < -0.4 is 5.32 Å². The van der Waals surface area contributed by atoms with Crippen LogP contribution in [0.1, 0.15) is 51.5 Å². The monoisotopic (exact) mass is 345 g/mol. The highest BCUT2D eigenvalue weighted by molar-refractivity contribution is 5.90. The molecular weight excluding hydrogens is 310 g/mol. The highest BCUT2D eigenvalue weighted by Crippen LogP contribution is 2.19. The lowest BCUT2D eigenvalue weighted by atomic mass is 9.99. The second kappa shape index (κ2) is 10.6. The van der Waals surface area contributed by atoms with Crippen molar-refractivity contribution >= 4 is 11.6 Å². The molecule has 1 heterocycles. The molecule has 1 N–H and O–H groups in total. The van der Waals surface area contributed by atoms with Gasteiger partial charge in [0.2, 0.25) is 5.91 Å². The zero-order chi connectivity index (χ0) is 18.1. The number of nitrogens with zero attached hydrogens (tertiary/aromatic N) is 2. The number of benzene rings is 1. The average molecular weight is 346 g/mol. The molecule has 1 saturated heterocycles. The van der Waals surface area contributed by atoms with E-state index >= 15 is 0 Å². The summed E-state index contributed by atoms with van der Waals surface area (Å²) in [6.07, 6.45) is 5.55. The molecule has 4 heteroatoms. The number of anilines is 1. The molecule has 0 saturated carbocycles. The topological polar surface area (TPSA) is 35.6 Å². The van der Waals surface area contributed by atoms with Gasteiger partial charge in [0.1, 0.15) is 0 Å². The quantitative estimate of drug-likeness (QED) is 0.735. The first-order chi connectivity index (χ1) is 12.1. The van der Waals surface area contributed by atoms with Crippen molar-refractivity contribution in [1.29, 1.82) is 0 Å². The van der Waals surface area contributed by atoms with E-state index in [0.29, 0.717) is 6.42 Å². The van der Waals surface area contributed by atoms with E-state index in [-0.39, 0.29) is 5.91 Å². The summed E-state index contributed by atoms with van der Waals surface area (Å²) < 4.78 is 0. The number of rotatable bonds is 9. The van der Waals surface area contributed by atoms with Crippen LogP contribution in [0, 0.1) is 5.92 Å². The molecule has 1 fully saturated rings. The number of carbonyl (C=O) groups is 1. The van der Waals surface area contributed by atoms with Crippen molar-refractivity contribution in [3.8, 4) is 0 Å². The van der Waals surface area contributed by atoms with E-state index in [1.807, 2.05) is 12.1 Å². The van der Waals surface area contributed by atoms with Gasteiger partial charge in [-0.15, -0.1) is 0 Å². The van der Waals surface area contributed by atoms with Crippen molar-refractivity contribution < 1.29 is 4.79 Å². The van der Waals surface area contributed by atoms with E-state index in [2.05, 4.69) is 48.1 Å². The van der Waals surface area contributed by atoms with Crippen LogP contribution in [0.2, 0.25) is 0 Å². The smallest absolute Gasteiger partial charge is 0.225 e. The molecule has 0 radical (unpaired) electrons. The van der Waals surface area contributed by atoms with Crippen LogP contribution in [0.15, 0.2) is 24.3 Å². The molecule has 1 aromatic carbocycles. The molecule has 2 rings (SSSR count). The van der Waals surface area contributed by atoms with Crippen molar-refractivity contribution in [1.82, 2.24) is 9.80 Å². The molecule has 1 aliphatic heterocycles. The van der Waals surface area contributed by atoms with E-state index in [9.17, 15) is 4.79 Å². The summed E-state index contributed by atoms with van der Waals surface area (Å²) >= 11 is 0. The molecule has 1 amide bonds. The summed E-state index contributed by atoms with van der Waals surface area (Å²) in [6.45, 7) is 9.83. The molecule has 0 bridgehead atoms. The van der Waals surface area contributed by atoms with Crippen LogP contribution >= 0.6 is 0 Å². The lowest BCUT2D eigenvalue weighted by Gasteiger charge is -2.30. The zero-order valence-corrected chi connectivity index (χ0v) is 16.3. The van der Waals surface area contributed by atoms with Gasteiger partial charge in [0, 0.05) is 25.2 Å². The number of unbranched alkanes of at least 4 members (excludes halogenated alkanes) is 1. The average Bonchev–Trinajstić information content (AvgIpc) is 2.62. The van der Waals surface area contributed by atoms with Gasteiger partial charge in [0.25, 0.3) is 0 Å².